The van der Waals surface area contributed by atoms with Gasteiger partial charge in [-0.05, 0) is 6.92 Å². The summed E-state index contributed by atoms with van der Waals surface area (Å²) in [5, 5.41) is 2.34. The third-order valence-electron chi connectivity index (χ3n) is 1.40. The summed E-state index contributed by atoms with van der Waals surface area (Å²) in [6.07, 6.45) is 1.26. The third-order valence-corrected chi connectivity index (χ3v) is 1.40. The number of nitrogens with one attached hydrogen (secondary N) is 2. The largest absolute Gasteiger partial charge is 0.355 e. The summed E-state index contributed by atoms with van der Waals surface area (Å²) >= 11 is 0. The Hall–Kier alpha value is -1.65. The van der Waals surface area contributed by atoms with Gasteiger partial charge < -0.3 is 10.3 Å². The van der Waals surface area contributed by atoms with E-state index in [-0.39, 0.29) is 5.56 Å². The lowest BCUT2D eigenvalue weighted by molar-refractivity contribution is 0.0961. The van der Waals surface area contributed by atoms with E-state index < -0.39 is 11.5 Å². The predicted octanol–water partition coefficient (Wildman–Crippen LogP) is -0.562. The van der Waals surface area contributed by atoms with E-state index in [1.54, 1.807) is 6.92 Å². The molecule has 1 aromatic rings. The molecular weight excluding hydrogens is 158 g/mol. The Labute approximate surface area is 68.8 Å². The first-order valence-electron chi connectivity index (χ1n) is 3.43. The number of amides is 1. The molecule has 0 spiro atoms. The van der Waals surface area contributed by atoms with Crippen LogP contribution in [-0.4, -0.2) is 22.9 Å². The van der Waals surface area contributed by atoms with Crippen LogP contribution in [0.15, 0.2) is 11.0 Å². The molecule has 1 rings (SSSR count). The van der Waals surface area contributed by atoms with Crippen molar-refractivity contribution in [2.45, 2.75) is 6.92 Å². The van der Waals surface area contributed by atoms with Crippen LogP contribution < -0.4 is 10.9 Å². The zero-order valence-electron chi connectivity index (χ0n) is 6.84. The molecule has 0 aliphatic heterocycles. The summed E-state index contributed by atoms with van der Waals surface area (Å²) in [5.74, 6) is 0.0661. The molecule has 64 valence electrons. The fourth-order valence-corrected chi connectivity index (χ4v) is 0.780. The average molecular weight is 167 g/mol. The van der Waals surface area contributed by atoms with E-state index >= 15 is 0 Å². The Bertz CT molecular complexity index is 356. The fraction of sp³-hybridized carbons (Fsp3) is 0.286. The molecule has 12 heavy (non-hydrogen) atoms. The molecule has 0 unspecified atom stereocenters. The summed E-state index contributed by atoms with van der Waals surface area (Å²) in [4.78, 5) is 28.3. The Kier molecular flexibility index (Phi) is 2.23. The van der Waals surface area contributed by atoms with Gasteiger partial charge in [-0.1, -0.05) is 0 Å². The second-order valence-electron chi connectivity index (χ2n) is 2.29. The number of carbonyl (C=O) groups is 1. The first kappa shape index (κ1) is 8.45. The molecule has 1 heterocycles. The molecule has 1 aromatic heterocycles. The molecule has 0 aliphatic rings. The zero-order chi connectivity index (χ0) is 9.14. The van der Waals surface area contributed by atoms with Gasteiger partial charge in [-0.25, -0.2) is 4.98 Å². The Morgan fingerprint density at radius 2 is 2.33 bits per heavy atom. The first-order chi connectivity index (χ1) is 5.65. The number of nitrogens with zero attached hydrogens (tertiary/aromatic N) is 1. The van der Waals surface area contributed by atoms with E-state index in [9.17, 15) is 9.59 Å². The highest BCUT2D eigenvalue weighted by Gasteiger charge is 2.07. The summed E-state index contributed by atoms with van der Waals surface area (Å²) < 4.78 is 0. The SMILES string of the molecule is CNC(=O)c1cnc(C)[nH]c1=O. The minimum Gasteiger partial charge on any atom is -0.355 e. The van der Waals surface area contributed by atoms with Crippen LogP contribution >= 0.6 is 0 Å². The van der Waals surface area contributed by atoms with Gasteiger partial charge in [0.15, 0.2) is 0 Å². The van der Waals surface area contributed by atoms with E-state index in [1.165, 1.54) is 13.2 Å². The van der Waals surface area contributed by atoms with Crippen molar-refractivity contribution in [3.8, 4) is 0 Å². The molecule has 5 heteroatoms. The molecule has 0 aliphatic carbocycles. The van der Waals surface area contributed by atoms with Crippen LogP contribution in [0.5, 0.6) is 0 Å². The molecule has 0 atom stereocenters. The number of aromatic amines is 1. The van der Waals surface area contributed by atoms with E-state index in [1.807, 2.05) is 0 Å². The normalized spacial score (nSPS) is 9.50. The number of hydrogen-bond donors (Lipinski definition) is 2. The number of H-pyrrole nitrogens is 1. The van der Waals surface area contributed by atoms with Gasteiger partial charge in [0.05, 0.1) is 0 Å². The van der Waals surface area contributed by atoms with E-state index in [0.29, 0.717) is 5.82 Å². The Balaban J connectivity index is 3.19. The van der Waals surface area contributed by atoms with Crippen molar-refractivity contribution in [1.29, 1.82) is 0 Å². The molecule has 0 saturated carbocycles. The van der Waals surface area contributed by atoms with Crippen molar-refractivity contribution >= 4 is 5.91 Å². The number of carbonyl (C=O) groups excluding carboxylic acids is 1. The van der Waals surface area contributed by atoms with E-state index in [4.69, 9.17) is 0 Å². The van der Waals surface area contributed by atoms with E-state index in [2.05, 4.69) is 15.3 Å². The van der Waals surface area contributed by atoms with Crippen molar-refractivity contribution in [2.75, 3.05) is 7.05 Å². The minimum atomic E-state index is -0.427. The van der Waals surface area contributed by atoms with Crippen LogP contribution in [0.2, 0.25) is 0 Å². The molecule has 5 nitrogen and oxygen atoms in total. The molecule has 0 radical (unpaired) electrons. The summed E-state index contributed by atoms with van der Waals surface area (Å²) in [6, 6.07) is 0. The van der Waals surface area contributed by atoms with Crippen molar-refractivity contribution in [1.82, 2.24) is 15.3 Å². The third kappa shape index (κ3) is 1.50. The molecule has 2 N–H and O–H groups in total. The standard InChI is InChI=1S/C7H9N3O2/c1-4-9-3-5(6(11)8-2)7(12)10-4/h3H,1-2H3,(H,8,11)(H,9,10,12). The van der Waals surface area contributed by atoms with Gasteiger partial charge in [0, 0.05) is 13.2 Å². The summed E-state index contributed by atoms with van der Waals surface area (Å²) in [5.41, 5.74) is -0.384. The molecule has 0 saturated heterocycles. The Morgan fingerprint density at radius 1 is 1.67 bits per heavy atom. The van der Waals surface area contributed by atoms with Crippen LogP contribution in [0.1, 0.15) is 16.2 Å². The molecule has 1 amide bonds. The zero-order valence-corrected chi connectivity index (χ0v) is 6.84. The van der Waals surface area contributed by atoms with Crippen LogP contribution in [0.4, 0.5) is 0 Å². The van der Waals surface area contributed by atoms with Crippen LogP contribution in [-0.2, 0) is 0 Å². The van der Waals surface area contributed by atoms with Gasteiger partial charge in [0.1, 0.15) is 11.4 Å². The van der Waals surface area contributed by atoms with Crippen molar-refractivity contribution in [3.63, 3.8) is 0 Å². The second-order valence-corrected chi connectivity index (χ2v) is 2.29. The highest BCUT2D eigenvalue weighted by Crippen LogP contribution is 1.87. The second kappa shape index (κ2) is 3.17. The fourth-order valence-electron chi connectivity index (χ4n) is 0.780. The maximum absolute atomic E-state index is 11.1. The molecule has 0 fully saturated rings. The first-order valence-corrected chi connectivity index (χ1v) is 3.43. The highest BCUT2D eigenvalue weighted by molar-refractivity contribution is 5.93. The quantitative estimate of drug-likeness (QED) is 0.588. The van der Waals surface area contributed by atoms with E-state index in [0.717, 1.165) is 0 Å². The van der Waals surface area contributed by atoms with Gasteiger partial charge in [0.2, 0.25) is 0 Å². The van der Waals surface area contributed by atoms with Crippen molar-refractivity contribution in [3.05, 3.63) is 27.9 Å². The number of hydrogen-bond acceptors (Lipinski definition) is 3. The lowest BCUT2D eigenvalue weighted by Gasteiger charge is -1.97. The Morgan fingerprint density at radius 3 is 2.83 bits per heavy atom. The lowest BCUT2D eigenvalue weighted by Crippen LogP contribution is -2.27. The number of rotatable bonds is 1. The highest BCUT2D eigenvalue weighted by atomic mass is 16.2. The lowest BCUT2D eigenvalue weighted by atomic mass is 10.3. The minimum absolute atomic E-state index is 0.0306. The topological polar surface area (TPSA) is 74.8 Å². The van der Waals surface area contributed by atoms with Crippen molar-refractivity contribution < 1.29 is 4.79 Å². The van der Waals surface area contributed by atoms with Gasteiger partial charge in [0.25, 0.3) is 11.5 Å². The smallest absolute Gasteiger partial charge is 0.263 e. The molecule has 0 aromatic carbocycles. The van der Waals surface area contributed by atoms with Crippen LogP contribution in [0.3, 0.4) is 0 Å². The maximum Gasteiger partial charge on any atom is 0.263 e. The number of aromatic nitrogens is 2. The monoisotopic (exact) mass is 167 g/mol. The predicted molar refractivity (Wildman–Crippen MR) is 43.0 cm³/mol. The summed E-state index contributed by atoms with van der Waals surface area (Å²) in [7, 11) is 1.46. The van der Waals surface area contributed by atoms with Gasteiger partial charge >= 0.3 is 0 Å². The van der Waals surface area contributed by atoms with Gasteiger partial charge in [-0.2, -0.15) is 0 Å². The van der Waals surface area contributed by atoms with Crippen molar-refractivity contribution in [2.24, 2.45) is 0 Å². The summed E-state index contributed by atoms with van der Waals surface area (Å²) in [6.45, 7) is 1.65. The van der Waals surface area contributed by atoms with Gasteiger partial charge in [-0.3, -0.25) is 9.59 Å². The van der Waals surface area contributed by atoms with Crippen LogP contribution in [0, 0.1) is 6.92 Å². The maximum atomic E-state index is 11.1. The molecule has 0 bridgehead atoms. The van der Waals surface area contributed by atoms with Gasteiger partial charge in [-0.15, -0.1) is 0 Å². The number of aryl methyl sites for hydroxylation is 1. The van der Waals surface area contributed by atoms with Crippen LogP contribution in [0.25, 0.3) is 0 Å². The molecular formula is C7H9N3O2. The average Bonchev–Trinajstić information content (AvgIpc) is 2.03.